The average Bonchev–Trinajstić information content (AvgIpc) is 2.70. The lowest BCUT2D eigenvalue weighted by Crippen LogP contribution is -2.18. The van der Waals surface area contributed by atoms with E-state index in [9.17, 15) is 13.2 Å². The average molecular weight is 473 g/mol. The van der Waals surface area contributed by atoms with E-state index < -0.39 is 16.0 Å². The van der Waals surface area contributed by atoms with Crippen LogP contribution >= 0.6 is 15.9 Å². The first-order chi connectivity index (χ1) is 13.8. The van der Waals surface area contributed by atoms with Crippen LogP contribution < -0.4 is 9.57 Å². The summed E-state index contributed by atoms with van der Waals surface area (Å²) < 4.78 is 30.7. The minimum atomic E-state index is -3.79. The van der Waals surface area contributed by atoms with Gasteiger partial charge in [0.05, 0.1) is 16.7 Å². The van der Waals surface area contributed by atoms with Gasteiger partial charge in [-0.15, -0.1) is 0 Å². The number of rotatable bonds is 6. The predicted octanol–water partition coefficient (Wildman–Crippen LogP) is 4.29. The number of hydrazone groups is 1. The molecule has 0 aliphatic rings. The molecule has 29 heavy (non-hydrogen) atoms. The van der Waals surface area contributed by atoms with E-state index in [0.717, 1.165) is 10.0 Å². The third-order valence-corrected chi connectivity index (χ3v) is 5.59. The number of sulfonamides is 1. The minimum Gasteiger partial charge on any atom is -0.422 e. The van der Waals surface area contributed by atoms with Crippen LogP contribution in [0.25, 0.3) is 0 Å². The van der Waals surface area contributed by atoms with Gasteiger partial charge in [-0.25, -0.2) is 9.63 Å². The summed E-state index contributed by atoms with van der Waals surface area (Å²) in [6.07, 6.45) is 1.28. The van der Waals surface area contributed by atoms with Crippen LogP contribution in [0, 0.1) is 6.92 Å². The van der Waals surface area contributed by atoms with Gasteiger partial charge in [0, 0.05) is 10.0 Å². The van der Waals surface area contributed by atoms with E-state index in [1.165, 1.54) is 18.3 Å². The molecule has 0 amide bonds. The first-order valence-corrected chi connectivity index (χ1v) is 10.8. The van der Waals surface area contributed by atoms with Gasteiger partial charge in [-0.3, -0.25) is 0 Å². The van der Waals surface area contributed by atoms with Gasteiger partial charge >= 0.3 is 5.97 Å². The van der Waals surface area contributed by atoms with Crippen molar-refractivity contribution in [1.82, 2.24) is 4.83 Å². The number of nitrogens with one attached hydrogen (secondary N) is 1. The van der Waals surface area contributed by atoms with Crippen molar-refractivity contribution in [2.45, 2.75) is 11.8 Å². The van der Waals surface area contributed by atoms with Crippen LogP contribution in [0.1, 0.15) is 21.5 Å². The Hall–Kier alpha value is -2.97. The van der Waals surface area contributed by atoms with Crippen molar-refractivity contribution in [2.24, 2.45) is 5.10 Å². The number of ether oxygens (including phenoxy) is 1. The summed E-state index contributed by atoms with van der Waals surface area (Å²) in [7, 11) is -3.79. The van der Waals surface area contributed by atoms with Crippen molar-refractivity contribution < 1.29 is 17.9 Å². The number of aryl methyl sites for hydroxylation is 1. The summed E-state index contributed by atoms with van der Waals surface area (Å²) in [6.45, 7) is 1.88. The van der Waals surface area contributed by atoms with E-state index in [4.69, 9.17) is 4.74 Å². The number of hydrogen-bond acceptors (Lipinski definition) is 5. The molecule has 8 heteroatoms. The molecule has 0 heterocycles. The molecule has 6 nitrogen and oxygen atoms in total. The summed E-state index contributed by atoms with van der Waals surface area (Å²) in [5, 5.41) is 3.81. The summed E-state index contributed by atoms with van der Waals surface area (Å²) >= 11 is 3.34. The summed E-state index contributed by atoms with van der Waals surface area (Å²) in [5.41, 5.74) is 1.78. The fourth-order valence-electron chi connectivity index (χ4n) is 2.46. The molecule has 0 saturated carbocycles. The van der Waals surface area contributed by atoms with Gasteiger partial charge in [0.1, 0.15) is 5.75 Å². The second kappa shape index (κ2) is 9.02. The molecule has 0 bridgehead atoms. The lowest BCUT2D eigenvalue weighted by molar-refractivity contribution is 0.0734. The monoisotopic (exact) mass is 472 g/mol. The van der Waals surface area contributed by atoms with E-state index in [1.54, 1.807) is 54.6 Å². The third-order valence-electron chi connectivity index (χ3n) is 3.86. The zero-order valence-electron chi connectivity index (χ0n) is 15.4. The van der Waals surface area contributed by atoms with Crippen molar-refractivity contribution in [1.29, 1.82) is 0 Å². The molecule has 0 radical (unpaired) electrons. The Kier molecular flexibility index (Phi) is 6.46. The molecular formula is C21H17BrN2O4S. The highest BCUT2D eigenvalue weighted by molar-refractivity contribution is 9.10. The number of nitrogens with zero attached hydrogens (tertiary/aromatic N) is 1. The minimum absolute atomic E-state index is 0.0949. The molecule has 0 saturated heterocycles. The Bertz CT molecular complexity index is 1160. The summed E-state index contributed by atoms with van der Waals surface area (Å²) in [5.74, 6) is -0.266. The molecule has 0 fully saturated rings. The maximum absolute atomic E-state index is 12.4. The van der Waals surface area contributed by atoms with E-state index in [0.29, 0.717) is 11.1 Å². The Balaban J connectivity index is 1.80. The highest BCUT2D eigenvalue weighted by atomic mass is 79.9. The van der Waals surface area contributed by atoms with Crippen LogP contribution in [0.15, 0.2) is 87.3 Å². The van der Waals surface area contributed by atoms with Gasteiger partial charge in [0.2, 0.25) is 0 Å². The Morgan fingerprint density at radius 2 is 1.79 bits per heavy atom. The zero-order valence-corrected chi connectivity index (χ0v) is 17.8. The van der Waals surface area contributed by atoms with E-state index >= 15 is 0 Å². The molecule has 0 aliphatic carbocycles. The molecule has 0 atom stereocenters. The number of hydrogen-bond donors (Lipinski definition) is 1. The number of carbonyl (C=O) groups excluding carboxylic acids is 1. The van der Waals surface area contributed by atoms with Gasteiger partial charge in [0.15, 0.2) is 0 Å². The van der Waals surface area contributed by atoms with E-state index in [2.05, 4.69) is 25.9 Å². The van der Waals surface area contributed by atoms with Gasteiger partial charge in [-0.1, -0.05) is 51.8 Å². The SMILES string of the molecule is Cc1cccc(C(=O)Oc2ccc(Br)cc2/C=N\NS(=O)(=O)c2ccccc2)c1. The van der Waals surface area contributed by atoms with Gasteiger partial charge in [0.25, 0.3) is 10.0 Å². The normalized spacial score (nSPS) is 11.4. The van der Waals surface area contributed by atoms with Crippen LogP contribution in [-0.2, 0) is 10.0 Å². The van der Waals surface area contributed by atoms with Gasteiger partial charge in [-0.05, 0) is 49.4 Å². The molecule has 0 spiro atoms. The standard InChI is InChI=1S/C21H17BrN2O4S/c1-15-6-5-7-16(12-15)21(25)28-20-11-10-18(22)13-17(20)14-23-24-29(26,27)19-8-3-2-4-9-19/h2-14,24H,1H3/b23-14-. The van der Waals surface area contributed by atoms with Crippen molar-refractivity contribution in [3.63, 3.8) is 0 Å². The zero-order chi connectivity index (χ0) is 20.9. The second-order valence-electron chi connectivity index (χ2n) is 6.11. The molecule has 0 aromatic heterocycles. The largest absolute Gasteiger partial charge is 0.422 e. The molecule has 0 aliphatic heterocycles. The van der Waals surface area contributed by atoms with Crippen molar-refractivity contribution in [3.05, 3.63) is 94.0 Å². The molecule has 148 valence electrons. The molecular weight excluding hydrogens is 456 g/mol. The Labute approximate surface area is 177 Å². The smallest absolute Gasteiger partial charge is 0.343 e. The van der Waals surface area contributed by atoms with Crippen molar-refractivity contribution >= 4 is 38.1 Å². The highest BCUT2D eigenvalue weighted by Gasteiger charge is 2.13. The van der Waals surface area contributed by atoms with Crippen LogP contribution in [0.4, 0.5) is 0 Å². The summed E-state index contributed by atoms with van der Waals surface area (Å²) in [4.78, 5) is 14.7. The predicted molar refractivity (Wildman–Crippen MR) is 115 cm³/mol. The van der Waals surface area contributed by atoms with Crippen molar-refractivity contribution in [2.75, 3.05) is 0 Å². The molecule has 3 aromatic carbocycles. The van der Waals surface area contributed by atoms with Crippen molar-refractivity contribution in [3.8, 4) is 5.75 Å². The molecule has 0 unspecified atom stereocenters. The number of benzene rings is 3. The third kappa shape index (κ3) is 5.52. The topological polar surface area (TPSA) is 84.8 Å². The number of esters is 1. The van der Waals surface area contributed by atoms with Crippen LogP contribution in [-0.4, -0.2) is 20.6 Å². The van der Waals surface area contributed by atoms with Crippen LogP contribution in [0.2, 0.25) is 0 Å². The number of halogens is 1. The lowest BCUT2D eigenvalue weighted by Gasteiger charge is -2.09. The molecule has 1 N–H and O–H groups in total. The van der Waals surface area contributed by atoms with E-state index in [-0.39, 0.29) is 10.6 Å². The fraction of sp³-hybridized carbons (Fsp3) is 0.0476. The lowest BCUT2D eigenvalue weighted by atomic mass is 10.1. The van der Waals surface area contributed by atoms with Gasteiger partial charge in [-0.2, -0.15) is 13.5 Å². The van der Waals surface area contributed by atoms with Gasteiger partial charge < -0.3 is 4.74 Å². The first-order valence-electron chi connectivity index (χ1n) is 8.53. The molecule has 3 aromatic rings. The van der Waals surface area contributed by atoms with E-state index in [1.807, 2.05) is 13.0 Å². The quantitative estimate of drug-likeness (QED) is 0.251. The maximum atomic E-state index is 12.4. The highest BCUT2D eigenvalue weighted by Crippen LogP contribution is 2.23. The van der Waals surface area contributed by atoms with Crippen LogP contribution in [0.3, 0.4) is 0 Å². The Morgan fingerprint density at radius 3 is 2.52 bits per heavy atom. The van der Waals surface area contributed by atoms with Crippen LogP contribution in [0.5, 0.6) is 5.75 Å². The first kappa shape index (κ1) is 20.8. The Morgan fingerprint density at radius 1 is 1.03 bits per heavy atom. The summed E-state index contributed by atoms with van der Waals surface area (Å²) in [6, 6.07) is 19.9. The fourth-order valence-corrected chi connectivity index (χ4v) is 3.65. The second-order valence-corrected chi connectivity index (χ2v) is 8.68. The molecule has 3 rings (SSSR count). The maximum Gasteiger partial charge on any atom is 0.343 e. The number of carbonyl (C=O) groups is 1.